The van der Waals surface area contributed by atoms with Crippen LogP contribution in [0.2, 0.25) is 0 Å². The van der Waals surface area contributed by atoms with Crippen LogP contribution in [0.1, 0.15) is 42.6 Å². The number of hydrogen-bond donors (Lipinski definition) is 1. The maximum absolute atomic E-state index is 13.3. The third kappa shape index (κ3) is 4.31. The number of carbonyl (C=O) groups is 1. The van der Waals surface area contributed by atoms with Gasteiger partial charge in [0.05, 0.1) is 12.3 Å². The standard InChI is InChI=1S/C21H30N4O2S/c1-27-11-10-25(14-16-5-4-9-24-8-3-2-6-20(16)24)21(26)19-13-18(22-23-19)17-7-12-28-15-17/h7,12-13,15-16,20H,2-6,8-11,14H2,1H3,(H,22,23)/t16-,20-/m0/s1. The largest absolute Gasteiger partial charge is 0.383 e. The normalized spacial score (nSPS) is 22.8. The van der Waals surface area contributed by atoms with Crippen LogP contribution in [0.5, 0.6) is 0 Å². The zero-order valence-electron chi connectivity index (χ0n) is 16.6. The third-order valence-corrected chi connectivity index (χ3v) is 6.84. The van der Waals surface area contributed by atoms with Crippen LogP contribution < -0.4 is 0 Å². The minimum atomic E-state index is 0.0268. The second kappa shape index (κ2) is 9.20. The van der Waals surface area contributed by atoms with Gasteiger partial charge in [-0.15, -0.1) is 0 Å². The molecule has 7 heteroatoms. The number of aromatic amines is 1. The van der Waals surface area contributed by atoms with E-state index in [0.717, 1.165) is 17.8 Å². The van der Waals surface area contributed by atoms with Crippen molar-refractivity contribution in [2.75, 3.05) is 39.9 Å². The van der Waals surface area contributed by atoms with E-state index in [4.69, 9.17) is 4.74 Å². The molecule has 0 aliphatic carbocycles. The summed E-state index contributed by atoms with van der Waals surface area (Å²) in [5, 5.41) is 11.4. The van der Waals surface area contributed by atoms with Crippen LogP contribution >= 0.6 is 11.3 Å². The number of aromatic nitrogens is 2. The van der Waals surface area contributed by atoms with Gasteiger partial charge in [0.1, 0.15) is 5.69 Å². The average molecular weight is 403 g/mol. The van der Waals surface area contributed by atoms with Crippen molar-refractivity contribution < 1.29 is 9.53 Å². The molecule has 152 valence electrons. The molecule has 2 aliphatic heterocycles. The van der Waals surface area contributed by atoms with Crippen molar-refractivity contribution in [3.05, 3.63) is 28.6 Å². The molecule has 0 spiro atoms. The number of amides is 1. The molecule has 4 rings (SSSR count). The first kappa shape index (κ1) is 19.6. The van der Waals surface area contributed by atoms with Gasteiger partial charge in [0.2, 0.25) is 0 Å². The van der Waals surface area contributed by atoms with E-state index in [2.05, 4.69) is 15.1 Å². The summed E-state index contributed by atoms with van der Waals surface area (Å²) in [5.41, 5.74) is 2.44. The van der Waals surface area contributed by atoms with E-state index < -0.39 is 0 Å². The second-order valence-electron chi connectivity index (χ2n) is 7.92. The molecule has 2 saturated heterocycles. The van der Waals surface area contributed by atoms with Crippen LogP contribution in [-0.2, 0) is 4.74 Å². The minimum absolute atomic E-state index is 0.0268. The van der Waals surface area contributed by atoms with E-state index in [0.29, 0.717) is 30.8 Å². The monoisotopic (exact) mass is 402 g/mol. The smallest absolute Gasteiger partial charge is 0.271 e. The number of rotatable bonds is 7. The van der Waals surface area contributed by atoms with Crippen LogP contribution in [0.15, 0.2) is 22.9 Å². The predicted octanol–water partition coefficient (Wildman–Crippen LogP) is 3.49. The molecule has 6 nitrogen and oxygen atoms in total. The van der Waals surface area contributed by atoms with Crippen LogP contribution in [-0.4, -0.2) is 71.8 Å². The summed E-state index contributed by atoms with van der Waals surface area (Å²) in [6.07, 6.45) is 6.34. The third-order valence-electron chi connectivity index (χ3n) is 6.16. The molecule has 2 aliphatic rings. The SMILES string of the molecule is COCCN(C[C@@H]1CCCN2CCCC[C@@H]12)C(=O)c1cc(-c2ccsc2)n[nH]1. The Hall–Kier alpha value is -1.70. The van der Waals surface area contributed by atoms with Gasteiger partial charge in [-0.1, -0.05) is 6.42 Å². The van der Waals surface area contributed by atoms with Gasteiger partial charge in [0.25, 0.3) is 5.91 Å². The molecule has 2 aromatic heterocycles. The lowest BCUT2D eigenvalue weighted by Crippen LogP contribution is -2.52. The molecule has 4 heterocycles. The molecule has 1 amide bonds. The molecular formula is C21H30N4O2S. The van der Waals surface area contributed by atoms with E-state index in [1.54, 1.807) is 18.4 Å². The van der Waals surface area contributed by atoms with Crippen molar-refractivity contribution in [3.63, 3.8) is 0 Å². The Morgan fingerprint density at radius 3 is 3.07 bits per heavy atom. The van der Waals surface area contributed by atoms with E-state index in [1.165, 1.54) is 45.2 Å². The molecule has 0 saturated carbocycles. The summed E-state index contributed by atoms with van der Waals surface area (Å²) in [4.78, 5) is 17.9. The highest BCUT2D eigenvalue weighted by Crippen LogP contribution is 2.31. The first-order valence-electron chi connectivity index (χ1n) is 10.4. The van der Waals surface area contributed by atoms with Crippen molar-refractivity contribution in [2.45, 2.75) is 38.1 Å². The minimum Gasteiger partial charge on any atom is -0.383 e. The maximum Gasteiger partial charge on any atom is 0.271 e. The van der Waals surface area contributed by atoms with Crippen molar-refractivity contribution in [1.82, 2.24) is 20.0 Å². The van der Waals surface area contributed by atoms with Gasteiger partial charge in [-0.3, -0.25) is 9.89 Å². The number of piperidine rings is 2. The van der Waals surface area contributed by atoms with Crippen molar-refractivity contribution in [1.29, 1.82) is 0 Å². The Morgan fingerprint density at radius 2 is 2.25 bits per heavy atom. The van der Waals surface area contributed by atoms with Crippen molar-refractivity contribution in [2.24, 2.45) is 5.92 Å². The van der Waals surface area contributed by atoms with Crippen LogP contribution in [0.4, 0.5) is 0 Å². The van der Waals surface area contributed by atoms with Gasteiger partial charge in [0, 0.05) is 37.2 Å². The quantitative estimate of drug-likeness (QED) is 0.770. The Kier molecular flexibility index (Phi) is 6.44. The summed E-state index contributed by atoms with van der Waals surface area (Å²) in [6, 6.07) is 4.53. The fourth-order valence-electron chi connectivity index (χ4n) is 4.71. The lowest BCUT2D eigenvalue weighted by molar-refractivity contribution is 0.0313. The molecule has 28 heavy (non-hydrogen) atoms. The fraction of sp³-hybridized carbons (Fsp3) is 0.619. The van der Waals surface area contributed by atoms with Crippen LogP contribution in [0, 0.1) is 5.92 Å². The number of hydrogen-bond acceptors (Lipinski definition) is 5. The van der Waals surface area contributed by atoms with Crippen LogP contribution in [0.3, 0.4) is 0 Å². The first-order chi connectivity index (χ1) is 13.8. The Labute approximate surface area is 170 Å². The summed E-state index contributed by atoms with van der Waals surface area (Å²) in [5.74, 6) is 0.577. The molecule has 0 aromatic carbocycles. The highest BCUT2D eigenvalue weighted by Gasteiger charge is 2.35. The number of thiophene rings is 1. The second-order valence-corrected chi connectivity index (χ2v) is 8.70. The van der Waals surface area contributed by atoms with Crippen molar-refractivity contribution in [3.8, 4) is 11.3 Å². The number of carbonyl (C=O) groups excluding carboxylic acids is 1. The topological polar surface area (TPSA) is 61.5 Å². The van der Waals surface area contributed by atoms with Crippen LogP contribution in [0.25, 0.3) is 11.3 Å². The summed E-state index contributed by atoms with van der Waals surface area (Å²) < 4.78 is 5.29. The maximum atomic E-state index is 13.3. The summed E-state index contributed by atoms with van der Waals surface area (Å²) >= 11 is 1.63. The molecule has 0 bridgehead atoms. The van der Waals surface area contributed by atoms with Crippen molar-refractivity contribution >= 4 is 17.2 Å². The molecule has 2 fully saturated rings. The van der Waals surface area contributed by atoms with Gasteiger partial charge in [-0.25, -0.2) is 0 Å². The Balaban J connectivity index is 1.48. The zero-order valence-corrected chi connectivity index (χ0v) is 17.4. The van der Waals surface area contributed by atoms with Gasteiger partial charge < -0.3 is 14.5 Å². The van der Waals surface area contributed by atoms with E-state index in [-0.39, 0.29) is 5.91 Å². The summed E-state index contributed by atoms with van der Waals surface area (Å²) in [7, 11) is 1.69. The van der Waals surface area contributed by atoms with E-state index in [9.17, 15) is 4.79 Å². The molecule has 1 N–H and O–H groups in total. The number of fused-ring (bicyclic) bond motifs is 1. The Bertz CT molecular complexity index is 758. The van der Waals surface area contributed by atoms with Gasteiger partial charge in [-0.05, 0) is 62.2 Å². The average Bonchev–Trinajstić information content (AvgIpc) is 3.42. The molecular weight excluding hydrogens is 372 g/mol. The van der Waals surface area contributed by atoms with E-state index >= 15 is 0 Å². The number of H-pyrrole nitrogens is 1. The number of methoxy groups -OCH3 is 1. The van der Waals surface area contributed by atoms with Gasteiger partial charge in [0.15, 0.2) is 0 Å². The van der Waals surface area contributed by atoms with Gasteiger partial charge in [-0.2, -0.15) is 16.4 Å². The first-order valence-corrected chi connectivity index (χ1v) is 11.3. The Morgan fingerprint density at radius 1 is 1.36 bits per heavy atom. The summed E-state index contributed by atoms with van der Waals surface area (Å²) in [6.45, 7) is 4.41. The highest BCUT2D eigenvalue weighted by molar-refractivity contribution is 7.08. The molecule has 0 radical (unpaired) electrons. The lowest BCUT2D eigenvalue weighted by Gasteiger charge is -2.45. The number of ether oxygens (including phenoxy) is 1. The zero-order chi connectivity index (χ0) is 19.3. The molecule has 2 atom stereocenters. The van der Waals surface area contributed by atoms with Gasteiger partial charge >= 0.3 is 0 Å². The van der Waals surface area contributed by atoms with E-state index in [1.807, 2.05) is 27.8 Å². The number of nitrogens with one attached hydrogen (secondary N) is 1. The molecule has 2 aromatic rings. The lowest BCUT2D eigenvalue weighted by atomic mass is 9.83. The fourth-order valence-corrected chi connectivity index (χ4v) is 5.36. The predicted molar refractivity (Wildman–Crippen MR) is 112 cm³/mol. The highest BCUT2D eigenvalue weighted by atomic mass is 32.1. The molecule has 0 unspecified atom stereocenters. The number of nitrogens with zero attached hydrogens (tertiary/aromatic N) is 3.